The summed E-state index contributed by atoms with van der Waals surface area (Å²) in [5, 5.41) is 25.2. The number of alkyl halides is 4. The Bertz CT molecular complexity index is 4860. The molecule has 2 bridgehead atoms. The molecule has 1 unspecified atom stereocenters. The molecule has 8 heterocycles. The number of aromatic nitrogens is 4. The standard InChI is InChI=1S/C35H33Cl2N4O6P.C31H31Cl2N4O7P.CH4/c1-12-8-38-30-18(42)4-16-22(20(12)30)14(6-36)10-40(16)32(43)34-24-27-25(34)29-26(34)28(24)35(27,29)33(44)41-11-15(7-37)23-17(41)5-19(47-48(3,45)46)31-21(23)13(2)9-39-31;1-14-7-34-26-20(38)3-18-24(22(14)26)16(5-32)9-36(18)28(39)30-11-31(12-30,13-30)29(40)37-10-17(6-33)25-19(37)4-21(44-45(41,42)43)27-23(25)15(2)8-35-27;/h4-5,8-9,14-15,24-29,38-39,42H,6-7,10-11H2,1-3H3,(H,45,46);3-4,7-8,16-17,34-35,38H,5-6,9-13H2,1-2H3,(H2,41,42,43);1H4/t14-,15-,24?,25?,26?,27?,28?,29?,34?,35?;16-,17-,30?,31?;/m11./s1. The highest BCUT2D eigenvalue weighted by molar-refractivity contribution is 7.52. The van der Waals surface area contributed by atoms with Crippen LogP contribution in [0, 0.1) is 84.9 Å². The van der Waals surface area contributed by atoms with Crippen LogP contribution in [0.15, 0.2) is 49.1 Å². The number of carbonyl (C=O) groups is 4. The van der Waals surface area contributed by atoms with E-state index in [-0.39, 0.29) is 119 Å². The molecule has 21 rings (SSSR count). The first-order valence-corrected chi connectivity index (χ1v) is 37.2. The number of hydrogen-bond acceptors (Lipinski definition) is 10. The Balaban J connectivity index is 0.000000142. The van der Waals surface area contributed by atoms with Gasteiger partial charge < -0.3 is 63.7 Å². The average molecular weight is 1400 g/mol. The Labute approximate surface area is 558 Å². The van der Waals surface area contributed by atoms with Crippen LogP contribution in [0.3, 0.4) is 0 Å². The minimum Gasteiger partial charge on any atom is -0.506 e. The molecule has 21 nitrogen and oxygen atoms in total. The van der Waals surface area contributed by atoms with E-state index in [0.717, 1.165) is 78.4 Å². The zero-order chi connectivity index (χ0) is 64.9. The van der Waals surface area contributed by atoms with E-state index in [2.05, 4.69) is 19.9 Å². The number of phosphoric acid groups is 1. The van der Waals surface area contributed by atoms with Crippen molar-refractivity contribution >= 4 is 152 Å². The van der Waals surface area contributed by atoms with Crippen LogP contribution in [0.2, 0.25) is 0 Å². The maximum Gasteiger partial charge on any atom is 0.524 e. The number of phenolic OH excluding ortho intramolecular Hbond substituents is 2. The summed E-state index contributed by atoms with van der Waals surface area (Å²) in [5.74, 6) is 2.60. The molecule has 9 aliphatic carbocycles. The van der Waals surface area contributed by atoms with E-state index >= 15 is 0 Å². The second-order valence-electron chi connectivity index (χ2n) is 28.8. The lowest BCUT2D eigenvalue weighted by Crippen LogP contribution is -3.12. The SMILES string of the molecule is C.Cc1c[nH]c2c(O)cc3c(c12)[C@H](CCl)CN3C(=O)C12C3C4C1C1C2C3C41C(=O)N1C[C@@H](CCl)c2c1cc(OP(C)(=O)O)c1[nH]cc(C)c21.Cc1c[nH]c2c(O)cc3c(c12)[C@H](CCl)CN3C(=O)C12CC(C(=O)N3C[C@@H](CCl)c4c3cc(OP(=O)(O)O)c3[nH]cc(C)c43)(C1)C2. The number of aromatic amines is 4. The quantitative estimate of drug-likeness (QED) is 0.0407. The van der Waals surface area contributed by atoms with Gasteiger partial charge in [-0.1, -0.05) is 7.43 Å². The van der Waals surface area contributed by atoms with Crippen molar-refractivity contribution in [1.82, 2.24) is 19.9 Å². The van der Waals surface area contributed by atoms with Gasteiger partial charge in [0.2, 0.25) is 23.6 Å². The molecule has 0 saturated heterocycles. The Kier molecular flexibility index (Phi) is 12.7. The normalized spacial score (nSPS) is 32.1. The molecule has 9 saturated carbocycles. The summed E-state index contributed by atoms with van der Waals surface area (Å²) >= 11 is 25.8. The number of aromatic hydroxyl groups is 2. The number of phosphoric ester groups is 1. The van der Waals surface area contributed by atoms with Gasteiger partial charge in [-0.2, -0.15) is 0 Å². The van der Waals surface area contributed by atoms with Crippen molar-refractivity contribution in [3.63, 3.8) is 0 Å². The summed E-state index contributed by atoms with van der Waals surface area (Å²) in [5.41, 5.74) is 10.4. The predicted octanol–water partition coefficient (Wildman–Crippen LogP) is 12.2. The van der Waals surface area contributed by atoms with E-state index in [1.165, 1.54) is 6.07 Å². The van der Waals surface area contributed by atoms with Gasteiger partial charge in [-0.3, -0.25) is 29.0 Å². The van der Waals surface area contributed by atoms with Crippen molar-refractivity contribution in [2.24, 2.45) is 57.2 Å². The number of benzene rings is 4. The van der Waals surface area contributed by atoms with Gasteiger partial charge in [-0.25, -0.2) is 9.13 Å². The first kappa shape index (κ1) is 61.2. The third kappa shape index (κ3) is 7.11. The second kappa shape index (κ2) is 19.5. The van der Waals surface area contributed by atoms with E-state index < -0.39 is 37.1 Å². The Morgan fingerprint density at radius 3 is 1.05 bits per heavy atom. The summed E-state index contributed by atoms with van der Waals surface area (Å²) < 4.78 is 34.8. The minimum atomic E-state index is -4.89. The average Bonchev–Trinajstić information content (AvgIpc) is 0.568. The number of hydrogen-bond donors (Lipinski definition) is 9. The van der Waals surface area contributed by atoms with Gasteiger partial charge in [0.15, 0.2) is 11.5 Å². The fraction of sp³-hybridized carbons (Fsp3) is 0.463. The van der Waals surface area contributed by atoms with Crippen LogP contribution in [0.25, 0.3) is 43.6 Å². The van der Waals surface area contributed by atoms with Crippen LogP contribution in [0.5, 0.6) is 23.0 Å². The summed E-state index contributed by atoms with van der Waals surface area (Å²) in [6.07, 6.45) is 8.51. The fourth-order valence-electron chi connectivity index (χ4n) is 21.5. The molecule has 0 spiro atoms. The van der Waals surface area contributed by atoms with Crippen LogP contribution in [-0.4, -0.2) is 125 Å². The number of aryl methyl sites for hydroxylation is 4. The third-order valence-corrected chi connectivity index (χ3v) is 27.0. The molecule has 0 radical (unpaired) electrons. The molecule has 13 aliphatic rings. The number of rotatable bonds is 12. The van der Waals surface area contributed by atoms with Crippen LogP contribution in [0.1, 0.15) is 94.9 Å². The van der Waals surface area contributed by atoms with Gasteiger partial charge in [-0.15, -0.1) is 46.4 Å². The Morgan fingerprint density at radius 1 is 0.479 bits per heavy atom. The van der Waals surface area contributed by atoms with Crippen molar-refractivity contribution in [3.05, 3.63) is 93.6 Å². The summed E-state index contributed by atoms with van der Waals surface area (Å²) in [7, 11) is -8.76. The molecular weight excluding hydrogens is 1330 g/mol. The number of nitrogens with one attached hydrogen (secondary N) is 4. The van der Waals surface area contributed by atoms with Gasteiger partial charge in [0.05, 0.1) is 66.5 Å². The van der Waals surface area contributed by atoms with E-state index in [0.29, 0.717) is 102 Å². The highest BCUT2D eigenvalue weighted by Gasteiger charge is 3.13. The molecule has 9 N–H and O–H groups in total. The van der Waals surface area contributed by atoms with Crippen LogP contribution < -0.4 is 28.6 Å². The van der Waals surface area contributed by atoms with Gasteiger partial charge in [0.1, 0.15) is 11.5 Å². The highest BCUT2D eigenvalue weighted by Crippen LogP contribution is 3.10. The fourth-order valence-corrected chi connectivity index (χ4v) is 23.4. The molecule has 9 fully saturated rings. The zero-order valence-corrected chi connectivity index (χ0v) is 55.7. The summed E-state index contributed by atoms with van der Waals surface area (Å²) in [6.45, 7) is 10.6. The van der Waals surface area contributed by atoms with E-state index in [1.807, 2.05) is 56.1 Å². The summed E-state index contributed by atoms with van der Waals surface area (Å²) in [4.78, 5) is 107. The molecule has 4 amide bonds. The Hall–Kier alpha value is -6.38. The van der Waals surface area contributed by atoms with E-state index in [9.17, 15) is 53.2 Å². The number of phenols is 2. The lowest BCUT2D eigenvalue weighted by molar-refractivity contribution is -0.623. The smallest absolute Gasteiger partial charge is 0.506 e. The second-order valence-corrected chi connectivity index (χ2v) is 33.0. The van der Waals surface area contributed by atoms with Crippen molar-refractivity contribution in [2.45, 2.75) is 78.1 Å². The van der Waals surface area contributed by atoms with Gasteiger partial charge in [0, 0.05) is 151 Å². The molecular formula is C67H68Cl4N8O13P2. The number of fused-ring (bicyclic) bond motifs is 12. The maximum atomic E-state index is 14.7. The zero-order valence-electron chi connectivity index (χ0n) is 50.9. The third-order valence-electron chi connectivity index (χ3n) is 24.5. The van der Waals surface area contributed by atoms with Crippen molar-refractivity contribution in [2.75, 3.05) is 76.0 Å². The molecule has 4 aromatic carbocycles. The van der Waals surface area contributed by atoms with Crippen LogP contribution >= 0.6 is 61.8 Å². The number of nitrogens with zero attached hydrogens (tertiary/aromatic N) is 4. The first-order valence-electron chi connectivity index (χ1n) is 31.5. The maximum absolute atomic E-state index is 14.7. The number of H-pyrrole nitrogens is 4. The molecule has 5 atom stereocenters. The molecule has 4 aliphatic heterocycles. The van der Waals surface area contributed by atoms with Gasteiger partial charge in [-0.05, 0) is 127 Å². The largest absolute Gasteiger partial charge is 0.524 e. The number of amides is 4. The number of anilines is 4. The molecule has 492 valence electrons. The molecule has 94 heavy (non-hydrogen) atoms. The van der Waals surface area contributed by atoms with Crippen molar-refractivity contribution in [1.29, 1.82) is 0 Å². The van der Waals surface area contributed by atoms with Crippen LogP contribution in [-0.2, 0) is 28.3 Å². The van der Waals surface area contributed by atoms with Gasteiger partial charge in [0.25, 0.3) is 0 Å². The number of carbonyl (C=O) groups excluding carboxylic acids is 4. The Morgan fingerprint density at radius 2 is 0.755 bits per heavy atom. The molecule has 4 aromatic heterocycles. The van der Waals surface area contributed by atoms with E-state index in [4.69, 9.17) is 55.5 Å². The van der Waals surface area contributed by atoms with Crippen LogP contribution in [0.4, 0.5) is 22.7 Å². The first-order chi connectivity index (χ1) is 44.2. The summed E-state index contributed by atoms with van der Waals surface area (Å²) in [6, 6.07) is 6.59. The molecule has 27 heteroatoms. The topological polar surface area (TPSA) is 298 Å². The lowest BCUT2D eigenvalue weighted by Gasteiger charge is -3.09. The highest BCUT2D eigenvalue weighted by atomic mass is 35.5. The van der Waals surface area contributed by atoms with Gasteiger partial charge >= 0.3 is 15.4 Å². The number of halogens is 4. The lowest BCUT2D eigenvalue weighted by atomic mass is 8.92. The van der Waals surface area contributed by atoms with E-state index in [1.54, 1.807) is 34.2 Å². The minimum absolute atomic E-state index is 0. The molecule has 8 aromatic rings. The van der Waals surface area contributed by atoms with Crippen molar-refractivity contribution < 1.29 is 62.2 Å². The monoisotopic (exact) mass is 1390 g/mol. The predicted molar refractivity (Wildman–Crippen MR) is 359 cm³/mol. The van der Waals surface area contributed by atoms with Crippen molar-refractivity contribution in [3.8, 4) is 23.0 Å².